The van der Waals surface area contributed by atoms with Crippen molar-refractivity contribution in [3.8, 4) is 0 Å². The summed E-state index contributed by atoms with van der Waals surface area (Å²) in [4.78, 5) is 49.3. The van der Waals surface area contributed by atoms with Gasteiger partial charge in [0.05, 0.1) is 0 Å². The molecular weight excluding hydrogens is 396 g/mol. The van der Waals surface area contributed by atoms with E-state index in [1.54, 1.807) is 36.4 Å². The first-order valence-corrected chi connectivity index (χ1v) is 10.1. The number of unbranched alkanes of at least 4 members (excludes halogenated alkanes) is 2. The van der Waals surface area contributed by atoms with Crippen LogP contribution < -0.4 is 0 Å². The number of hydrogen-bond donors (Lipinski definition) is 2. The van der Waals surface area contributed by atoms with Gasteiger partial charge in [0.25, 0.3) is 0 Å². The average molecular weight is 416 g/mol. The fourth-order valence-corrected chi connectivity index (χ4v) is 4.08. The molecule has 2 aromatic carbocycles. The van der Waals surface area contributed by atoms with E-state index >= 15 is 0 Å². The molecule has 6 heteroatoms. The minimum atomic E-state index is -0.693. The molecule has 0 atom stereocenters. The first-order valence-electron chi connectivity index (χ1n) is 10.1. The Kier molecular flexibility index (Phi) is 5.38. The number of fused-ring (bicyclic) bond motifs is 2. The van der Waals surface area contributed by atoms with E-state index in [0.717, 1.165) is 0 Å². The lowest BCUT2D eigenvalue weighted by Crippen LogP contribution is -2.24. The van der Waals surface area contributed by atoms with Gasteiger partial charge in [-0.3, -0.25) is 19.2 Å². The number of carbonyl (C=O) groups is 4. The quantitative estimate of drug-likeness (QED) is 0.533. The molecule has 0 unspecified atom stereocenters. The Morgan fingerprint density at radius 2 is 0.839 bits per heavy atom. The zero-order chi connectivity index (χ0) is 22.1. The maximum absolute atomic E-state index is 12.4. The Hall–Kier alpha value is -3.80. The van der Waals surface area contributed by atoms with Crippen molar-refractivity contribution in [2.45, 2.75) is 32.1 Å². The Morgan fingerprint density at radius 1 is 0.484 bits per heavy atom. The van der Waals surface area contributed by atoms with Crippen LogP contribution in [-0.4, -0.2) is 33.3 Å². The molecule has 31 heavy (non-hydrogen) atoms. The predicted molar refractivity (Wildman–Crippen MR) is 114 cm³/mol. The molecule has 0 aliphatic heterocycles. The summed E-state index contributed by atoms with van der Waals surface area (Å²) in [5.74, 6) is -2.95. The van der Waals surface area contributed by atoms with E-state index in [1.165, 1.54) is 12.1 Å². The van der Waals surface area contributed by atoms with E-state index < -0.39 is 23.1 Å². The molecule has 0 spiro atoms. The van der Waals surface area contributed by atoms with Crippen molar-refractivity contribution >= 4 is 34.7 Å². The molecule has 0 radical (unpaired) electrons. The topological polar surface area (TPSA) is 109 Å². The fourth-order valence-electron chi connectivity index (χ4n) is 4.08. The minimum absolute atomic E-state index is 0.101. The maximum atomic E-state index is 12.4. The molecule has 2 aliphatic carbocycles. The molecule has 0 saturated heterocycles. The third-order valence-corrected chi connectivity index (χ3v) is 5.74. The van der Waals surface area contributed by atoms with Gasteiger partial charge >= 0.3 is 0 Å². The number of aliphatic hydroxyl groups excluding tert-OH is 2. The molecule has 6 nitrogen and oxygen atoms in total. The van der Waals surface area contributed by atoms with Crippen LogP contribution in [0.5, 0.6) is 0 Å². The van der Waals surface area contributed by atoms with Gasteiger partial charge in [0, 0.05) is 33.4 Å². The molecule has 4 rings (SSSR count). The second-order valence-electron chi connectivity index (χ2n) is 7.62. The third-order valence-electron chi connectivity index (χ3n) is 5.74. The highest BCUT2D eigenvalue weighted by molar-refractivity contribution is 6.52. The summed E-state index contributed by atoms with van der Waals surface area (Å²) in [6, 6.07) is 12.9. The van der Waals surface area contributed by atoms with Gasteiger partial charge in [0.1, 0.15) is 11.5 Å². The molecule has 0 amide bonds. The fraction of sp³-hybridized carbons (Fsp3) is 0.200. The molecule has 0 fully saturated rings. The molecule has 0 bridgehead atoms. The molecular formula is C25H20O6. The second-order valence-corrected chi connectivity index (χ2v) is 7.62. The summed E-state index contributed by atoms with van der Waals surface area (Å²) in [6.07, 6.45) is 2.05. The molecule has 0 aromatic heterocycles. The van der Waals surface area contributed by atoms with Crippen LogP contribution in [0.2, 0.25) is 0 Å². The first kappa shape index (κ1) is 20.5. The zero-order valence-electron chi connectivity index (χ0n) is 16.7. The van der Waals surface area contributed by atoms with Crippen LogP contribution in [0.1, 0.15) is 63.9 Å². The zero-order valence-corrected chi connectivity index (χ0v) is 16.7. The first-order chi connectivity index (χ1) is 14.9. The molecule has 0 saturated carbocycles. The average Bonchev–Trinajstić information content (AvgIpc) is 2.79. The molecule has 0 heterocycles. The van der Waals surface area contributed by atoms with Gasteiger partial charge in [-0.25, -0.2) is 0 Å². The van der Waals surface area contributed by atoms with Gasteiger partial charge in [-0.1, -0.05) is 55.0 Å². The highest BCUT2D eigenvalue weighted by Crippen LogP contribution is 2.32. The Bertz CT molecular complexity index is 1100. The Balaban J connectivity index is 1.41. The van der Waals surface area contributed by atoms with Gasteiger partial charge in [-0.2, -0.15) is 0 Å². The third kappa shape index (κ3) is 3.50. The van der Waals surface area contributed by atoms with Gasteiger partial charge in [-0.05, 0) is 25.7 Å². The summed E-state index contributed by atoms with van der Waals surface area (Å²) in [6.45, 7) is 0. The number of Topliss-reactive ketones (excluding diaryl/α,β-unsaturated/α-hetero) is 4. The van der Waals surface area contributed by atoms with Crippen molar-refractivity contribution in [2.24, 2.45) is 0 Å². The smallest absolute Gasteiger partial charge is 0.234 e. The van der Waals surface area contributed by atoms with Crippen LogP contribution >= 0.6 is 0 Å². The highest BCUT2D eigenvalue weighted by Gasteiger charge is 2.33. The Labute approximate surface area is 178 Å². The largest absolute Gasteiger partial charge is 0.507 e. The molecule has 2 aromatic rings. The second kappa shape index (κ2) is 8.14. The number of allylic oxidation sites excluding steroid dienone is 2. The van der Waals surface area contributed by atoms with Crippen molar-refractivity contribution in [3.63, 3.8) is 0 Å². The van der Waals surface area contributed by atoms with Crippen molar-refractivity contribution in [1.82, 2.24) is 0 Å². The number of carbonyl (C=O) groups excluding carboxylic acids is 4. The van der Waals surface area contributed by atoms with E-state index in [1.807, 2.05) is 0 Å². The van der Waals surface area contributed by atoms with E-state index in [0.29, 0.717) is 30.4 Å². The van der Waals surface area contributed by atoms with Gasteiger partial charge < -0.3 is 10.2 Å². The molecule has 2 aliphatic rings. The lowest BCUT2D eigenvalue weighted by Gasteiger charge is -2.18. The van der Waals surface area contributed by atoms with Crippen LogP contribution in [-0.2, 0) is 9.59 Å². The standard InChI is InChI=1S/C25H20O6/c26-20-14-8-4-6-10-16(14)22(28)24(30)18(20)12-2-1-3-13-19-21(27)15-9-5-7-11-17(15)23(29)25(19)31/h4-11,26-27H,1-3,12-13H2. The van der Waals surface area contributed by atoms with Crippen LogP contribution in [0.3, 0.4) is 0 Å². The van der Waals surface area contributed by atoms with E-state index in [2.05, 4.69) is 0 Å². The number of benzene rings is 2. The predicted octanol–water partition coefficient (Wildman–Crippen LogP) is 4.41. The lowest BCUT2D eigenvalue weighted by molar-refractivity contribution is -0.112. The van der Waals surface area contributed by atoms with Gasteiger partial charge in [0.2, 0.25) is 23.1 Å². The number of rotatable bonds is 6. The van der Waals surface area contributed by atoms with Crippen molar-refractivity contribution < 1.29 is 29.4 Å². The number of ketones is 4. The lowest BCUT2D eigenvalue weighted by atomic mass is 9.85. The summed E-state index contributed by atoms with van der Waals surface area (Å²) >= 11 is 0. The van der Waals surface area contributed by atoms with Crippen LogP contribution in [0.15, 0.2) is 59.7 Å². The van der Waals surface area contributed by atoms with Crippen LogP contribution in [0, 0.1) is 0 Å². The van der Waals surface area contributed by atoms with Crippen molar-refractivity contribution in [1.29, 1.82) is 0 Å². The van der Waals surface area contributed by atoms with E-state index in [-0.39, 0.29) is 46.6 Å². The van der Waals surface area contributed by atoms with Crippen molar-refractivity contribution in [3.05, 3.63) is 81.9 Å². The summed E-state index contributed by atoms with van der Waals surface area (Å²) < 4.78 is 0. The normalized spacial score (nSPS) is 16.0. The van der Waals surface area contributed by atoms with Crippen LogP contribution in [0.25, 0.3) is 11.5 Å². The highest BCUT2D eigenvalue weighted by atomic mass is 16.3. The monoisotopic (exact) mass is 416 g/mol. The van der Waals surface area contributed by atoms with E-state index in [4.69, 9.17) is 0 Å². The summed E-state index contributed by atoms with van der Waals surface area (Å²) in [5, 5.41) is 20.9. The molecule has 2 N–H and O–H groups in total. The maximum Gasteiger partial charge on any atom is 0.234 e. The number of hydrogen-bond acceptors (Lipinski definition) is 6. The van der Waals surface area contributed by atoms with E-state index in [9.17, 15) is 29.4 Å². The summed E-state index contributed by atoms with van der Waals surface area (Å²) in [5.41, 5.74) is 1.34. The van der Waals surface area contributed by atoms with Gasteiger partial charge in [0.15, 0.2) is 0 Å². The van der Waals surface area contributed by atoms with Crippen molar-refractivity contribution in [2.75, 3.05) is 0 Å². The molecule has 156 valence electrons. The van der Waals surface area contributed by atoms with Crippen LogP contribution in [0.4, 0.5) is 0 Å². The number of aliphatic hydroxyl groups is 2. The van der Waals surface area contributed by atoms with Gasteiger partial charge in [-0.15, -0.1) is 0 Å². The SMILES string of the molecule is O=C1C(=O)c2ccccc2C(O)=C1CCCCCC1=C(O)c2ccccc2C(=O)C1=O. The minimum Gasteiger partial charge on any atom is -0.507 e. The Morgan fingerprint density at radius 3 is 1.23 bits per heavy atom. The summed E-state index contributed by atoms with van der Waals surface area (Å²) in [7, 11) is 0.